The third-order valence-corrected chi connectivity index (χ3v) is 6.24. The van der Waals surface area contributed by atoms with Crippen LogP contribution in [0.2, 0.25) is 0 Å². The Morgan fingerprint density at radius 2 is 2.16 bits per heavy atom. The van der Waals surface area contributed by atoms with Crippen molar-refractivity contribution in [1.29, 1.82) is 0 Å². The highest BCUT2D eigenvalue weighted by molar-refractivity contribution is 5.88. The number of nitrogens with two attached hydrogens (primary N) is 1. The number of fused-ring (bicyclic) bond motifs is 2. The van der Waals surface area contributed by atoms with Gasteiger partial charge >= 0.3 is 0 Å². The summed E-state index contributed by atoms with van der Waals surface area (Å²) >= 11 is 0. The van der Waals surface area contributed by atoms with Crippen molar-refractivity contribution in [1.82, 2.24) is 15.5 Å². The molecule has 2 bridgehead atoms. The molecule has 0 spiro atoms. The van der Waals surface area contributed by atoms with Crippen molar-refractivity contribution in [3.8, 4) is 0 Å². The Bertz CT molecular complexity index is 684. The zero-order valence-electron chi connectivity index (χ0n) is 14.1. The Morgan fingerprint density at radius 1 is 1.36 bits per heavy atom. The number of nitrogens with one attached hydrogen (secondary N) is 1. The van der Waals surface area contributed by atoms with E-state index >= 15 is 0 Å². The largest absolute Gasteiger partial charge is 0.394 e. The number of carbonyl (C=O) groups excluding carboxylic acids is 2. The van der Waals surface area contributed by atoms with Crippen LogP contribution in [0, 0.1) is 17.8 Å². The van der Waals surface area contributed by atoms with Gasteiger partial charge in [0.1, 0.15) is 11.5 Å². The fourth-order valence-corrected chi connectivity index (χ4v) is 4.58. The third-order valence-electron chi connectivity index (χ3n) is 6.24. The lowest BCUT2D eigenvalue weighted by atomic mass is 9.86. The normalized spacial score (nSPS) is 30.2. The van der Waals surface area contributed by atoms with Crippen molar-refractivity contribution in [2.45, 2.75) is 56.4 Å². The average Bonchev–Trinajstić information content (AvgIpc) is 2.95. The van der Waals surface area contributed by atoms with Gasteiger partial charge in [0.05, 0.1) is 6.61 Å². The lowest BCUT2D eigenvalue weighted by Gasteiger charge is -2.22. The number of aromatic nitrogens is 2. The molecule has 0 aromatic carbocycles. The highest BCUT2D eigenvalue weighted by atomic mass is 16.5. The highest BCUT2D eigenvalue weighted by Gasteiger charge is 2.54. The summed E-state index contributed by atoms with van der Waals surface area (Å²) in [5, 5.41) is 16.2. The summed E-state index contributed by atoms with van der Waals surface area (Å²) in [6.07, 6.45) is 6.59. The molecule has 3 aliphatic carbocycles. The molecule has 3 saturated carbocycles. The lowest BCUT2D eigenvalue weighted by molar-refractivity contribution is -0.123. The van der Waals surface area contributed by atoms with E-state index in [4.69, 9.17) is 10.3 Å². The summed E-state index contributed by atoms with van der Waals surface area (Å²) in [4.78, 5) is 28.1. The van der Waals surface area contributed by atoms with Crippen molar-refractivity contribution in [2.75, 3.05) is 6.61 Å². The molecule has 0 radical (unpaired) electrons. The number of hydrogen-bond acceptors (Lipinski definition) is 6. The Hall–Kier alpha value is -1.96. The number of primary amides is 1. The Labute approximate surface area is 145 Å². The van der Waals surface area contributed by atoms with Gasteiger partial charge in [-0.05, 0) is 49.9 Å². The standard InChI is InChI=1S/C17H24N4O4/c18-15(24)17(3-4-17)16-20-14(25-21-16)12(8-22)19-13(23)7-11-6-9-1-2-10(11)5-9/h9-12,22H,1-8H2,(H2,18,24)(H,19,23)/t9-,10+,11?,12-/m1/s1. The van der Waals surface area contributed by atoms with E-state index in [0.717, 1.165) is 12.3 Å². The highest BCUT2D eigenvalue weighted by Crippen LogP contribution is 2.49. The summed E-state index contributed by atoms with van der Waals surface area (Å²) in [5.74, 6) is 1.69. The van der Waals surface area contributed by atoms with E-state index in [1.54, 1.807) is 0 Å². The van der Waals surface area contributed by atoms with Gasteiger partial charge in [-0.1, -0.05) is 11.6 Å². The summed E-state index contributed by atoms with van der Waals surface area (Å²) in [7, 11) is 0. The van der Waals surface area contributed by atoms with Crippen LogP contribution in [0.15, 0.2) is 4.52 Å². The zero-order valence-corrected chi connectivity index (χ0v) is 14.1. The molecule has 1 aromatic heterocycles. The number of carbonyl (C=O) groups is 2. The van der Waals surface area contributed by atoms with Crippen LogP contribution in [0.5, 0.6) is 0 Å². The summed E-state index contributed by atoms with van der Waals surface area (Å²) in [6.45, 7) is -0.340. The first-order valence-corrected chi connectivity index (χ1v) is 9.06. The van der Waals surface area contributed by atoms with E-state index in [9.17, 15) is 14.7 Å². The third kappa shape index (κ3) is 2.92. The molecule has 1 heterocycles. The first-order valence-electron chi connectivity index (χ1n) is 9.06. The molecule has 2 amide bonds. The predicted molar refractivity (Wildman–Crippen MR) is 85.9 cm³/mol. The summed E-state index contributed by atoms with van der Waals surface area (Å²) in [5.41, 5.74) is 4.57. The molecule has 136 valence electrons. The van der Waals surface area contributed by atoms with E-state index in [2.05, 4.69) is 15.5 Å². The van der Waals surface area contributed by atoms with Crippen LogP contribution in [-0.2, 0) is 15.0 Å². The van der Waals surface area contributed by atoms with E-state index < -0.39 is 17.4 Å². The first-order chi connectivity index (χ1) is 12.0. The van der Waals surface area contributed by atoms with Crippen LogP contribution in [0.25, 0.3) is 0 Å². The number of rotatable bonds is 7. The second kappa shape index (κ2) is 6.09. The van der Waals surface area contributed by atoms with Crippen LogP contribution < -0.4 is 11.1 Å². The van der Waals surface area contributed by atoms with Crippen molar-refractivity contribution in [3.63, 3.8) is 0 Å². The fourth-order valence-electron chi connectivity index (χ4n) is 4.58. The van der Waals surface area contributed by atoms with Gasteiger partial charge in [0.15, 0.2) is 5.82 Å². The summed E-state index contributed by atoms with van der Waals surface area (Å²) < 4.78 is 5.17. The van der Waals surface area contributed by atoms with Gasteiger partial charge in [0.25, 0.3) is 5.89 Å². The predicted octanol–water partition coefficient (Wildman–Crippen LogP) is 0.562. The molecule has 4 N–H and O–H groups in total. The molecule has 0 aliphatic heterocycles. The maximum Gasteiger partial charge on any atom is 0.251 e. The van der Waals surface area contributed by atoms with Gasteiger partial charge in [-0.2, -0.15) is 4.98 Å². The van der Waals surface area contributed by atoms with Crippen molar-refractivity contribution < 1.29 is 19.2 Å². The Balaban J connectivity index is 1.38. The van der Waals surface area contributed by atoms with Crippen molar-refractivity contribution in [2.24, 2.45) is 23.5 Å². The summed E-state index contributed by atoms with van der Waals surface area (Å²) in [6, 6.07) is -0.754. The van der Waals surface area contributed by atoms with Crippen LogP contribution in [-0.4, -0.2) is 33.7 Å². The maximum atomic E-state index is 12.4. The van der Waals surface area contributed by atoms with Gasteiger partial charge in [0, 0.05) is 6.42 Å². The molecule has 8 heteroatoms. The molecule has 4 rings (SSSR count). The quantitative estimate of drug-likeness (QED) is 0.660. The molecular weight excluding hydrogens is 324 g/mol. The van der Waals surface area contributed by atoms with Crippen LogP contribution in [0.3, 0.4) is 0 Å². The molecule has 25 heavy (non-hydrogen) atoms. The fraction of sp³-hybridized carbons (Fsp3) is 0.765. The van der Waals surface area contributed by atoms with Crippen LogP contribution >= 0.6 is 0 Å². The first kappa shape index (κ1) is 16.5. The second-order valence-corrected chi connectivity index (χ2v) is 7.84. The van der Waals surface area contributed by atoms with Gasteiger partial charge in [-0.25, -0.2) is 0 Å². The molecule has 3 aliphatic rings. The minimum Gasteiger partial charge on any atom is -0.394 e. The molecule has 1 aromatic rings. The molecule has 8 nitrogen and oxygen atoms in total. The number of nitrogens with zero attached hydrogens (tertiary/aromatic N) is 2. The van der Waals surface area contributed by atoms with E-state index in [-0.39, 0.29) is 24.2 Å². The maximum absolute atomic E-state index is 12.4. The number of hydrogen-bond donors (Lipinski definition) is 3. The Morgan fingerprint density at radius 3 is 2.72 bits per heavy atom. The molecule has 1 unspecified atom stereocenters. The second-order valence-electron chi connectivity index (χ2n) is 7.84. The minimum absolute atomic E-state index is 0.104. The van der Waals surface area contributed by atoms with Crippen LogP contribution in [0.1, 0.15) is 62.7 Å². The number of amides is 2. The van der Waals surface area contributed by atoms with E-state index in [0.29, 0.717) is 31.1 Å². The van der Waals surface area contributed by atoms with E-state index in [1.807, 2.05) is 0 Å². The molecule has 0 saturated heterocycles. The van der Waals surface area contributed by atoms with Gasteiger partial charge in [-0.3, -0.25) is 9.59 Å². The molecular formula is C17H24N4O4. The zero-order chi connectivity index (χ0) is 17.6. The smallest absolute Gasteiger partial charge is 0.251 e. The SMILES string of the molecule is NC(=O)C1(c2noc([C@@H](CO)NC(=O)CC3C[C@@H]4CC[C@H]3C4)n2)CC1. The van der Waals surface area contributed by atoms with Gasteiger partial charge < -0.3 is 20.7 Å². The molecule has 4 atom stereocenters. The number of aliphatic hydroxyl groups is 1. The minimum atomic E-state index is -0.838. The topological polar surface area (TPSA) is 131 Å². The van der Waals surface area contributed by atoms with Gasteiger partial charge in [-0.15, -0.1) is 0 Å². The van der Waals surface area contributed by atoms with Gasteiger partial charge in [0.2, 0.25) is 11.8 Å². The monoisotopic (exact) mass is 348 g/mol. The Kier molecular flexibility index (Phi) is 4.02. The molecule has 3 fully saturated rings. The van der Waals surface area contributed by atoms with Crippen LogP contribution in [0.4, 0.5) is 0 Å². The lowest BCUT2D eigenvalue weighted by Crippen LogP contribution is -2.33. The average molecular weight is 348 g/mol. The number of aliphatic hydroxyl groups excluding tert-OH is 1. The van der Waals surface area contributed by atoms with Crippen molar-refractivity contribution >= 4 is 11.8 Å². The van der Waals surface area contributed by atoms with E-state index in [1.165, 1.54) is 19.3 Å². The van der Waals surface area contributed by atoms with Crippen molar-refractivity contribution in [3.05, 3.63) is 11.7 Å².